The van der Waals surface area contributed by atoms with Gasteiger partial charge in [0.2, 0.25) is 0 Å². The lowest BCUT2D eigenvalue weighted by Crippen LogP contribution is -2.50. The predicted molar refractivity (Wildman–Crippen MR) is 75.6 cm³/mol. The van der Waals surface area contributed by atoms with Gasteiger partial charge in [-0.1, -0.05) is 13.3 Å². The summed E-state index contributed by atoms with van der Waals surface area (Å²) >= 11 is 0. The Morgan fingerprint density at radius 3 is 3.00 bits per heavy atom. The topological polar surface area (TPSA) is 62.3 Å². The molecule has 2 N–H and O–H groups in total. The van der Waals surface area contributed by atoms with Crippen LogP contribution in [0, 0.1) is 17.2 Å². The van der Waals surface area contributed by atoms with Crippen LogP contribution in [0.1, 0.15) is 46.0 Å². The van der Waals surface area contributed by atoms with E-state index in [1.807, 2.05) is 0 Å². The third-order valence-electron chi connectivity index (χ3n) is 4.90. The molecule has 0 aromatic heterocycles. The second-order valence-corrected chi connectivity index (χ2v) is 6.23. The van der Waals surface area contributed by atoms with E-state index in [1.165, 1.54) is 0 Å². The number of nitriles is 1. The standard InChI is InChI=1S/C15H27N3O/c1-3-14-10-19-12(2)9-18(14)8-6-13-5-4-7-15(13,17)11-16/h12-14H,3-10,17H2,1-2H3. The Balaban J connectivity index is 1.88. The molecule has 1 saturated heterocycles. The molecule has 1 heterocycles. The first-order valence-electron chi connectivity index (χ1n) is 7.65. The summed E-state index contributed by atoms with van der Waals surface area (Å²) in [6, 6.07) is 2.88. The first-order chi connectivity index (χ1) is 9.09. The van der Waals surface area contributed by atoms with Gasteiger partial charge in [-0.05, 0) is 45.1 Å². The van der Waals surface area contributed by atoms with Crippen LogP contribution in [0.5, 0.6) is 0 Å². The molecule has 4 unspecified atom stereocenters. The number of hydrogen-bond acceptors (Lipinski definition) is 4. The van der Waals surface area contributed by atoms with Gasteiger partial charge in [0.15, 0.2) is 0 Å². The van der Waals surface area contributed by atoms with Gasteiger partial charge in [-0.15, -0.1) is 0 Å². The first kappa shape index (κ1) is 14.8. The van der Waals surface area contributed by atoms with Gasteiger partial charge in [0.25, 0.3) is 0 Å². The normalized spacial score (nSPS) is 40.2. The smallest absolute Gasteiger partial charge is 0.107 e. The van der Waals surface area contributed by atoms with E-state index in [0.717, 1.165) is 51.8 Å². The van der Waals surface area contributed by atoms with Crippen molar-refractivity contribution in [2.45, 2.75) is 63.6 Å². The minimum absolute atomic E-state index is 0.324. The highest BCUT2D eigenvalue weighted by Crippen LogP contribution is 2.35. The summed E-state index contributed by atoms with van der Waals surface area (Å²) < 4.78 is 5.73. The quantitative estimate of drug-likeness (QED) is 0.843. The summed E-state index contributed by atoms with van der Waals surface area (Å²) in [6.45, 7) is 7.26. The maximum Gasteiger partial charge on any atom is 0.107 e. The molecule has 0 amide bonds. The van der Waals surface area contributed by atoms with Crippen molar-refractivity contribution < 1.29 is 4.74 Å². The third-order valence-corrected chi connectivity index (χ3v) is 4.90. The van der Waals surface area contributed by atoms with E-state index < -0.39 is 5.54 Å². The Bertz CT molecular complexity index is 341. The summed E-state index contributed by atoms with van der Waals surface area (Å²) in [7, 11) is 0. The van der Waals surface area contributed by atoms with Gasteiger partial charge < -0.3 is 10.5 Å². The van der Waals surface area contributed by atoms with Gasteiger partial charge in [-0.2, -0.15) is 5.26 Å². The van der Waals surface area contributed by atoms with Crippen molar-refractivity contribution in [3.05, 3.63) is 0 Å². The van der Waals surface area contributed by atoms with E-state index >= 15 is 0 Å². The van der Waals surface area contributed by atoms with Gasteiger partial charge in [0, 0.05) is 12.6 Å². The average Bonchev–Trinajstić information content (AvgIpc) is 2.78. The second kappa shape index (κ2) is 6.21. The van der Waals surface area contributed by atoms with Crippen LogP contribution in [0.3, 0.4) is 0 Å². The zero-order valence-corrected chi connectivity index (χ0v) is 12.3. The Morgan fingerprint density at radius 2 is 2.32 bits per heavy atom. The highest BCUT2D eigenvalue weighted by atomic mass is 16.5. The second-order valence-electron chi connectivity index (χ2n) is 6.23. The van der Waals surface area contributed by atoms with Crippen LogP contribution < -0.4 is 5.73 Å². The number of nitrogens with two attached hydrogens (primary N) is 1. The lowest BCUT2D eigenvalue weighted by atomic mass is 9.86. The van der Waals surface area contributed by atoms with Crippen LogP contribution in [-0.4, -0.2) is 42.3 Å². The highest BCUT2D eigenvalue weighted by molar-refractivity contribution is 5.12. The lowest BCUT2D eigenvalue weighted by molar-refractivity contribution is -0.0575. The molecule has 4 nitrogen and oxygen atoms in total. The molecule has 0 bridgehead atoms. The molecule has 4 heteroatoms. The zero-order chi connectivity index (χ0) is 13.9. The molecule has 19 heavy (non-hydrogen) atoms. The maximum atomic E-state index is 9.26. The molecule has 0 spiro atoms. The van der Waals surface area contributed by atoms with Crippen molar-refractivity contribution in [2.24, 2.45) is 11.7 Å². The molecular formula is C15H27N3O. The molecular weight excluding hydrogens is 238 g/mol. The molecule has 1 aliphatic heterocycles. The first-order valence-corrected chi connectivity index (χ1v) is 7.65. The van der Waals surface area contributed by atoms with Gasteiger partial charge in [-0.25, -0.2) is 0 Å². The Hall–Kier alpha value is -0.630. The monoisotopic (exact) mass is 265 g/mol. The molecule has 1 aliphatic carbocycles. The van der Waals surface area contributed by atoms with Crippen LogP contribution in [0.25, 0.3) is 0 Å². The molecule has 2 fully saturated rings. The fourth-order valence-electron chi connectivity index (χ4n) is 3.54. The van der Waals surface area contributed by atoms with E-state index in [9.17, 15) is 5.26 Å². The zero-order valence-electron chi connectivity index (χ0n) is 12.3. The molecule has 0 radical (unpaired) electrons. The lowest BCUT2D eigenvalue weighted by Gasteiger charge is -2.39. The highest BCUT2D eigenvalue weighted by Gasteiger charge is 2.40. The molecule has 4 atom stereocenters. The number of rotatable bonds is 4. The molecule has 0 aromatic rings. The van der Waals surface area contributed by atoms with Gasteiger partial charge >= 0.3 is 0 Å². The summed E-state index contributed by atoms with van der Waals surface area (Å²) in [4.78, 5) is 2.53. The Kier molecular flexibility index (Phi) is 4.83. The predicted octanol–water partition coefficient (Wildman–Crippen LogP) is 1.90. The van der Waals surface area contributed by atoms with Crippen molar-refractivity contribution >= 4 is 0 Å². The summed E-state index contributed by atoms with van der Waals surface area (Å²) in [6.07, 6.45) is 5.58. The van der Waals surface area contributed by atoms with Crippen molar-refractivity contribution in [1.29, 1.82) is 5.26 Å². The van der Waals surface area contributed by atoms with Crippen molar-refractivity contribution in [1.82, 2.24) is 4.90 Å². The van der Waals surface area contributed by atoms with Gasteiger partial charge in [0.05, 0.1) is 18.8 Å². The maximum absolute atomic E-state index is 9.26. The van der Waals surface area contributed by atoms with Crippen molar-refractivity contribution in [3.63, 3.8) is 0 Å². The molecule has 108 valence electrons. The SMILES string of the molecule is CCC1COC(C)CN1CCC1CCCC1(N)C#N. The van der Waals surface area contributed by atoms with E-state index in [2.05, 4.69) is 24.8 Å². The fraction of sp³-hybridized carbons (Fsp3) is 0.933. The third kappa shape index (κ3) is 3.28. The van der Waals surface area contributed by atoms with E-state index in [4.69, 9.17) is 10.5 Å². The van der Waals surface area contributed by atoms with Crippen LogP contribution in [0.15, 0.2) is 0 Å². The number of morpholine rings is 1. The molecule has 2 rings (SSSR count). The van der Waals surface area contributed by atoms with E-state index in [0.29, 0.717) is 18.1 Å². The van der Waals surface area contributed by atoms with E-state index in [-0.39, 0.29) is 0 Å². The minimum Gasteiger partial charge on any atom is -0.376 e. The van der Waals surface area contributed by atoms with Crippen molar-refractivity contribution in [2.75, 3.05) is 19.7 Å². The van der Waals surface area contributed by atoms with Crippen molar-refractivity contribution in [3.8, 4) is 6.07 Å². The van der Waals surface area contributed by atoms with Gasteiger partial charge in [0.1, 0.15) is 5.54 Å². The van der Waals surface area contributed by atoms with Crippen LogP contribution in [-0.2, 0) is 4.74 Å². The molecule has 2 aliphatic rings. The summed E-state index contributed by atoms with van der Waals surface area (Å²) in [5.74, 6) is 0.369. The van der Waals surface area contributed by atoms with Crippen LogP contribution in [0.4, 0.5) is 0 Å². The largest absolute Gasteiger partial charge is 0.376 e. The van der Waals surface area contributed by atoms with Crippen LogP contribution in [0.2, 0.25) is 0 Å². The number of hydrogen-bond donors (Lipinski definition) is 1. The summed E-state index contributed by atoms with van der Waals surface area (Å²) in [5, 5.41) is 9.26. The minimum atomic E-state index is -0.570. The van der Waals surface area contributed by atoms with Gasteiger partial charge in [-0.3, -0.25) is 4.90 Å². The average molecular weight is 265 g/mol. The number of ether oxygens (including phenoxy) is 1. The molecule has 1 saturated carbocycles. The Labute approximate surface area is 116 Å². The van der Waals surface area contributed by atoms with Crippen LogP contribution >= 0.6 is 0 Å². The summed E-state index contributed by atoms with van der Waals surface area (Å²) in [5.41, 5.74) is 5.64. The fourth-order valence-corrected chi connectivity index (χ4v) is 3.54. The Morgan fingerprint density at radius 1 is 1.53 bits per heavy atom. The molecule has 0 aromatic carbocycles. The number of nitrogens with zero attached hydrogens (tertiary/aromatic N) is 2. The van der Waals surface area contributed by atoms with E-state index in [1.54, 1.807) is 0 Å².